The van der Waals surface area contributed by atoms with Gasteiger partial charge in [-0.1, -0.05) is 6.92 Å². The molecule has 134 valence electrons. The molecule has 2 amide bonds. The normalized spacial score (nSPS) is 19.8. The molecule has 2 aliphatic heterocycles. The first kappa shape index (κ1) is 17.8. The Balaban J connectivity index is 1.60. The Bertz CT molecular complexity index is 692. The molecule has 1 fully saturated rings. The fourth-order valence-electron chi connectivity index (χ4n) is 3.26. The van der Waals surface area contributed by atoms with Gasteiger partial charge in [0, 0.05) is 17.5 Å². The lowest BCUT2D eigenvalue weighted by Gasteiger charge is -2.35. The monoisotopic (exact) mass is 362 g/mol. The zero-order valence-electron chi connectivity index (χ0n) is 14.2. The highest BCUT2D eigenvalue weighted by Gasteiger charge is 2.26. The van der Waals surface area contributed by atoms with E-state index in [1.54, 1.807) is 18.2 Å². The minimum Gasteiger partial charge on any atom is -0.452 e. The van der Waals surface area contributed by atoms with Crippen molar-refractivity contribution in [3.63, 3.8) is 0 Å². The summed E-state index contributed by atoms with van der Waals surface area (Å²) in [5, 5.41) is 2.74. The summed E-state index contributed by atoms with van der Waals surface area (Å²) in [4.78, 5) is 38.8. The summed E-state index contributed by atoms with van der Waals surface area (Å²) in [6.45, 7) is 2.56. The minimum atomic E-state index is -0.550. The molecular formula is C18H22N2O4S. The smallest absolute Gasteiger partial charge is 0.338 e. The first-order chi connectivity index (χ1) is 12.1. The molecule has 6 nitrogen and oxygen atoms in total. The average molecular weight is 362 g/mol. The minimum absolute atomic E-state index is 0.0890. The summed E-state index contributed by atoms with van der Waals surface area (Å²) in [5.74, 6) is -0.402. The predicted molar refractivity (Wildman–Crippen MR) is 95.7 cm³/mol. The maximum Gasteiger partial charge on any atom is 0.338 e. The number of fused-ring (bicyclic) bond motifs is 1. The third-order valence-electron chi connectivity index (χ3n) is 4.59. The second-order valence-corrected chi connectivity index (χ2v) is 7.29. The summed E-state index contributed by atoms with van der Waals surface area (Å²) < 4.78 is 5.20. The van der Waals surface area contributed by atoms with E-state index in [-0.39, 0.29) is 24.5 Å². The van der Waals surface area contributed by atoms with Gasteiger partial charge in [-0.3, -0.25) is 9.59 Å². The van der Waals surface area contributed by atoms with E-state index in [4.69, 9.17) is 4.74 Å². The maximum atomic E-state index is 12.4. The van der Waals surface area contributed by atoms with Crippen LogP contribution in [-0.4, -0.2) is 47.6 Å². The van der Waals surface area contributed by atoms with Crippen LogP contribution in [0.4, 0.5) is 5.69 Å². The molecule has 0 bridgehead atoms. The maximum absolute atomic E-state index is 12.4. The summed E-state index contributed by atoms with van der Waals surface area (Å²) in [6, 6.07) is 5.29. The van der Waals surface area contributed by atoms with E-state index < -0.39 is 5.97 Å². The molecule has 0 aromatic heterocycles. The van der Waals surface area contributed by atoms with Gasteiger partial charge >= 0.3 is 5.97 Å². The van der Waals surface area contributed by atoms with Crippen LogP contribution in [0, 0.1) is 0 Å². The van der Waals surface area contributed by atoms with Crippen LogP contribution in [0.25, 0.3) is 0 Å². The number of amides is 2. The Kier molecular flexibility index (Phi) is 5.63. The summed E-state index contributed by atoms with van der Waals surface area (Å²) >= 11 is 1.43. The van der Waals surface area contributed by atoms with Crippen LogP contribution >= 0.6 is 11.8 Å². The number of hydrogen-bond donors (Lipinski definition) is 1. The van der Waals surface area contributed by atoms with E-state index >= 15 is 0 Å². The highest BCUT2D eigenvalue weighted by molar-refractivity contribution is 8.00. The second-order valence-electron chi connectivity index (χ2n) is 6.27. The lowest BCUT2D eigenvalue weighted by molar-refractivity contribution is -0.138. The van der Waals surface area contributed by atoms with Gasteiger partial charge in [-0.25, -0.2) is 4.79 Å². The van der Waals surface area contributed by atoms with Crippen LogP contribution in [0.2, 0.25) is 0 Å². The number of esters is 1. The second kappa shape index (κ2) is 7.91. The molecule has 1 aromatic carbocycles. The van der Waals surface area contributed by atoms with Crippen LogP contribution in [0.1, 0.15) is 43.0 Å². The Hall–Kier alpha value is -2.02. The Labute approximate surface area is 151 Å². The lowest BCUT2D eigenvalue weighted by atomic mass is 10.00. The standard InChI is InChI=1S/C18H22N2O4S/c1-2-13-5-3-4-8-20(13)17(22)10-24-18(23)12-6-7-15-14(9-12)19-16(21)11-25-15/h6-7,9,13H,2-5,8,10-11H2,1H3,(H,19,21)/t13-/m0/s1. The van der Waals surface area contributed by atoms with Crippen LogP contribution in [0.3, 0.4) is 0 Å². The lowest BCUT2D eigenvalue weighted by Crippen LogP contribution is -2.45. The molecule has 0 aliphatic carbocycles. The number of likely N-dealkylation sites (tertiary alicyclic amines) is 1. The third kappa shape index (κ3) is 4.15. The van der Waals surface area contributed by atoms with E-state index in [0.717, 1.165) is 37.1 Å². The van der Waals surface area contributed by atoms with Gasteiger partial charge in [0.15, 0.2) is 6.61 Å². The molecule has 2 aliphatic rings. The van der Waals surface area contributed by atoms with Gasteiger partial charge in [-0.05, 0) is 43.9 Å². The van der Waals surface area contributed by atoms with Crippen molar-refractivity contribution in [2.75, 3.05) is 24.2 Å². The van der Waals surface area contributed by atoms with Gasteiger partial charge in [0.05, 0.1) is 17.0 Å². The molecule has 0 unspecified atom stereocenters. The molecule has 0 saturated carbocycles. The van der Waals surface area contributed by atoms with E-state index in [1.807, 2.05) is 4.90 Å². The molecule has 0 spiro atoms. The van der Waals surface area contributed by atoms with Crippen molar-refractivity contribution in [3.05, 3.63) is 23.8 Å². The van der Waals surface area contributed by atoms with E-state index in [1.165, 1.54) is 11.8 Å². The number of ether oxygens (including phenoxy) is 1. The number of carbonyl (C=O) groups is 3. The molecule has 2 heterocycles. The highest BCUT2D eigenvalue weighted by Crippen LogP contribution is 2.32. The number of hydrogen-bond acceptors (Lipinski definition) is 5. The molecule has 7 heteroatoms. The van der Waals surface area contributed by atoms with Crippen molar-refractivity contribution in [2.24, 2.45) is 0 Å². The molecule has 0 radical (unpaired) electrons. The van der Waals surface area contributed by atoms with Crippen molar-refractivity contribution in [3.8, 4) is 0 Å². The number of piperidine rings is 1. The summed E-state index contributed by atoms with van der Waals surface area (Å²) in [5.41, 5.74) is 0.948. The zero-order chi connectivity index (χ0) is 17.8. The van der Waals surface area contributed by atoms with Gasteiger partial charge in [-0.15, -0.1) is 11.8 Å². The van der Waals surface area contributed by atoms with Gasteiger partial charge in [-0.2, -0.15) is 0 Å². The molecule has 1 aromatic rings. The molecule has 3 rings (SSSR count). The number of benzene rings is 1. The highest BCUT2D eigenvalue weighted by atomic mass is 32.2. The van der Waals surface area contributed by atoms with Crippen LogP contribution in [0.15, 0.2) is 23.1 Å². The topological polar surface area (TPSA) is 75.7 Å². The first-order valence-electron chi connectivity index (χ1n) is 8.61. The largest absolute Gasteiger partial charge is 0.452 e. The number of rotatable bonds is 4. The summed E-state index contributed by atoms with van der Waals surface area (Å²) in [7, 11) is 0. The quantitative estimate of drug-likeness (QED) is 0.834. The van der Waals surface area contributed by atoms with Crippen molar-refractivity contribution in [1.29, 1.82) is 0 Å². The van der Waals surface area contributed by atoms with E-state index in [0.29, 0.717) is 17.0 Å². The average Bonchev–Trinajstić information content (AvgIpc) is 2.65. The van der Waals surface area contributed by atoms with Crippen LogP contribution < -0.4 is 5.32 Å². The summed E-state index contributed by atoms with van der Waals surface area (Å²) in [6.07, 6.45) is 4.07. The molecule has 25 heavy (non-hydrogen) atoms. The number of anilines is 1. The van der Waals surface area contributed by atoms with Crippen molar-refractivity contribution in [1.82, 2.24) is 4.90 Å². The van der Waals surface area contributed by atoms with Crippen LogP contribution in [-0.2, 0) is 14.3 Å². The molecule has 1 atom stereocenters. The number of nitrogens with one attached hydrogen (secondary N) is 1. The number of nitrogens with zero attached hydrogens (tertiary/aromatic N) is 1. The zero-order valence-corrected chi connectivity index (χ0v) is 15.1. The first-order valence-corrected chi connectivity index (χ1v) is 9.60. The Morgan fingerprint density at radius 3 is 3.00 bits per heavy atom. The fourth-order valence-corrected chi connectivity index (χ4v) is 4.05. The van der Waals surface area contributed by atoms with Gasteiger partial charge < -0.3 is 15.0 Å². The van der Waals surface area contributed by atoms with Gasteiger partial charge in [0.1, 0.15) is 0 Å². The molecule has 1 saturated heterocycles. The van der Waals surface area contributed by atoms with Crippen molar-refractivity contribution < 1.29 is 19.1 Å². The Morgan fingerprint density at radius 2 is 2.20 bits per heavy atom. The fraction of sp³-hybridized carbons (Fsp3) is 0.500. The SMILES string of the molecule is CC[C@H]1CCCCN1C(=O)COC(=O)c1ccc2c(c1)NC(=O)CS2. The molecule has 1 N–H and O–H groups in total. The van der Waals surface area contributed by atoms with Gasteiger partial charge in [0.25, 0.3) is 5.91 Å². The Morgan fingerprint density at radius 1 is 1.36 bits per heavy atom. The third-order valence-corrected chi connectivity index (χ3v) is 5.67. The predicted octanol–water partition coefficient (Wildman–Crippen LogP) is 2.68. The number of carbonyl (C=O) groups excluding carboxylic acids is 3. The van der Waals surface area contributed by atoms with Crippen molar-refractivity contribution in [2.45, 2.75) is 43.5 Å². The van der Waals surface area contributed by atoms with E-state index in [2.05, 4.69) is 12.2 Å². The van der Waals surface area contributed by atoms with Crippen molar-refractivity contribution >= 4 is 35.2 Å². The number of thioether (sulfide) groups is 1. The molecular weight excluding hydrogens is 340 g/mol. The van der Waals surface area contributed by atoms with E-state index in [9.17, 15) is 14.4 Å². The van der Waals surface area contributed by atoms with Crippen LogP contribution in [0.5, 0.6) is 0 Å². The van der Waals surface area contributed by atoms with Gasteiger partial charge in [0.2, 0.25) is 5.91 Å².